The van der Waals surface area contributed by atoms with Gasteiger partial charge in [0, 0.05) is 0 Å². The summed E-state index contributed by atoms with van der Waals surface area (Å²) in [5.74, 6) is 5.78. The zero-order valence-electron chi connectivity index (χ0n) is 10.6. The third-order valence-electron chi connectivity index (χ3n) is 3.43. The molecule has 0 heterocycles. The Morgan fingerprint density at radius 2 is 1.42 bits per heavy atom. The molecule has 0 aliphatic heterocycles. The summed E-state index contributed by atoms with van der Waals surface area (Å²) in [7, 11) is 0. The molecule has 0 bridgehead atoms. The summed E-state index contributed by atoms with van der Waals surface area (Å²) in [6.45, 7) is 0. The van der Waals surface area contributed by atoms with Gasteiger partial charge in [-0.2, -0.15) is 0 Å². The fourth-order valence-electron chi connectivity index (χ4n) is 2.51. The first-order valence-electron chi connectivity index (χ1n) is 6.39. The standard InChI is InChI=1S/C17H16N2/c18-19-17(14-8-2-1-3-9-14)16-12-6-10-13-7-4-5-11-15(13)16/h1-12,17,19H,18H2/t17-/m0/s1. The summed E-state index contributed by atoms with van der Waals surface area (Å²) >= 11 is 0. The maximum Gasteiger partial charge on any atom is 0.0716 e. The molecule has 0 aliphatic carbocycles. The second-order valence-electron chi connectivity index (χ2n) is 4.58. The van der Waals surface area contributed by atoms with Gasteiger partial charge >= 0.3 is 0 Å². The summed E-state index contributed by atoms with van der Waals surface area (Å²) in [6.07, 6.45) is 0. The predicted molar refractivity (Wildman–Crippen MR) is 79.6 cm³/mol. The van der Waals surface area contributed by atoms with Gasteiger partial charge < -0.3 is 0 Å². The van der Waals surface area contributed by atoms with E-state index in [0.29, 0.717) is 0 Å². The molecule has 0 spiro atoms. The van der Waals surface area contributed by atoms with E-state index >= 15 is 0 Å². The Morgan fingerprint density at radius 3 is 2.21 bits per heavy atom. The van der Waals surface area contributed by atoms with Crippen LogP contribution in [0.15, 0.2) is 72.8 Å². The topological polar surface area (TPSA) is 38.0 Å². The number of rotatable bonds is 3. The molecule has 0 radical (unpaired) electrons. The van der Waals surface area contributed by atoms with Gasteiger partial charge in [0.2, 0.25) is 0 Å². The van der Waals surface area contributed by atoms with Gasteiger partial charge in [-0.1, -0.05) is 72.8 Å². The number of nitrogens with one attached hydrogen (secondary N) is 1. The van der Waals surface area contributed by atoms with Crippen molar-refractivity contribution in [2.75, 3.05) is 0 Å². The van der Waals surface area contributed by atoms with Crippen LogP contribution in [0.25, 0.3) is 10.8 Å². The van der Waals surface area contributed by atoms with Crippen LogP contribution in [-0.2, 0) is 0 Å². The van der Waals surface area contributed by atoms with Crippen LogP contribution in [0.2, 0.25) is 0 Å². The van der Waals surface area contributed by atoms with Crippen LogP contribution >= 0.6 is 0 Å². The number of fused-ring (bicyclic) bond motifs is 1. The lowest BCUT2D eigenvalue weighted by Gasteiger charge is -2.19. The lowest BCUT2D eigenvalue weighted by atomic mass is 9.94. The molecule has 0 saturated heterocycles. The first-order chi connectivity index (χ1) is 9.40. The van der Waals surface area contributed by atoms with Crippen LogP contribution in [0.5, 0.6) is 0 Å². The molecule has 94 valence electrons. The smallest absolute Gasteiger partial charge is 0.0716 e. The molecule has 19 heavy (non-hydrogen) atoms. The van der Waals surface area contributed by atoms with E-state index in [1.807, 2.05) is 18.2 Å². The molecule has 0 unspecified atom stereocenters. The first-order valence-corrected chi connectivity index (χ1v) is 6.39. The number of benzene rings is 3. The Hall–Kier alpha value is -2.16. The largest absolute Gasteiger partial charge is 0.271 e. The van der Waals surface area contributed by atoms with E-state index in [4.69, 9.17) is 5.84 Å². The molecule has 3 aromatic carbocycles. The molecule has 0 saturated carbocycles. The quantitative estimate of drug-likeness (QED) is 0.551. The molecule has 0 amide bonds. The Balaban J connectivity index is 2.17. The molecular weight excluding hydrogens is 232 g/mol. The number of hydrogen-bond acceptors (Lipinski definition) is 2. The van der Waals surface area contributed by atoms with E-state index in [0.717, 1.165) is 0 Å². The van der Waals surface area contributed by atoms with E-state index in [1.54, 1.807) is 0 Å². The van der Waals surface area contributed by atoms with Gasteiger partial charge in [-0.15, -0.1) is 0 Å². The van der Waals surface area contributed by atoms with Crippen molar-refractivity contribution < 1.29 is 0 Å². The molecule has 0 aromatic heterocycles. The normalized spacial score (nSPS) is 12.5. The molecule has 3 aromatic rings. The van der Waals surface area contributed by atoms with E-state index in [9.17, 15) is 0 Å². The lowest BCUT2D eigenvalue weighted by Crippen LogP contribution is -2.28. The van der Waals surface area contributed by atoms with Gasteiger partial charge in [0.15, 0.2) is 0 Å². The number of nitrogens with two attached hydrogens (primary N) is 1. The summed E-state index contributed by atoms with van der Waals surface area (Å²) < 4.78 is 0. The van der Waals surface area contributed by atoms with Crippen LogP contribution in [-0.4, -0.2) is 0 Å². The molecule has 0 aliphatic rings. The van der Waals surface area contributed by atoms with Crippen molar-refractivity contribution in [3.05, 3.63) is 83.9 Å². The van der Waals surface area contributed by atoms with Crippen molar-refractivity contribution in [2.24, 2.45) is 5.84 Å². The highest BCUT2D eigenvalue weighted by atomic mass is 15.2. The van der Waals surface area contributed by atoms with Gasteiger partial charge in [0.25, 0.3) is 0 Å². The third-order valence-corrected chi connectivity index (χ3v) is 3.43. The van der Waals surface area contributed by atoms with Crippen molar-refractivity contribution in [1.29, 1.82) is 0 Å². The average molecular weight is 248 g/mol. The van der Waals surface area contributed by atoms with Gasteiger partial charge in [0.05, 0.1) is 6.04 Å². The Morgan fingerprint density at radius 1 is 0.737 bits per heavy atom. The molecular formula is C17H16N2. The Labute approximate surface area is 112 Å². The van der Waals surface area contributed by atoms with Gasteiger partial charge in [0.1, 0.15) is 0 Å². The Kier molecular flexibility index (Phi) is 3.27. The van der Waals surface area contributed by atoms with Crippen molar-refractivity contribution in [3.8, 4) is 0 Å². The zero-order valence-corrected chi connectivity index (χ0v) is 10.6. The maximum absolute atomic E-state index is 5.78. The highest BCUT2D eigenvalue weighted by Crippen LogP contribution is 2.28. The van der Waals surface area contributed by atoms with E-state index in [2.05, 4.69) is 60.0 Å². The SMILES string of the molecule is NN[C@@H](c1ccccc1)c1cccc2ccccc12. The van der Waals surface area contributed by atoms with Crippen molar-refractivity contribution in [2.45, 2.75) is 6.04 Å². The minimum atomic E-state index is 0.00676. The maximum atomic E-state index is 5.78. The molecule has 2 heteroatoms. The molecule has 0 fully saturated rings. The van der Waals surface area contributed by atoms with Crippen LogP contribution in [0.4, 0.5) is 0 Å². The van der Waals surface area contributed by atoms with Crippen LogP contribution in [0.1, 0.15) is 17.2 Å². The van der Waals surface area contributed by atoms with Gasteiger partial charge in [-0.05, 0) is 21.9 Å². The molecule has 3 rings (SSSR count). The highest BCUT2D eigenvalue weighted by molar-refractivity contribution is 5.86. The monoisotopic (exact) mass is 248 g/mol. The summed E-state index contributed by atoms with van der Waals surface area (Å²) in [6, 6.07) is 25.0. The molecule has 3 N–H and O–H groups in total. The lowest BCUT2D eigenvalue weighted by molar-refractivity contribution is 0.641. The van der Waals surface area contributed by atoms with Gasteiger partial charge in [-0.25, -0.2) is 5.43 Å². The summed E-state index contributed by atoms with van der Waals surface area (Å²) in [5.41, 5.74) is 5.30. The average Bonchev–Trinajstić information content (AvgIpc) is 2.49. The fourth-order valence-corrected chi connectivity index (χ4v) is 2.51. The minimum absolute atomic E-state index is 0.00676. The van der Waals surface area contributed by atoms with Crippen LogP contribution in [0, 0.1) is 0 Å². The van der Waals surface area contributed by atoms with Crippen molar-refractivity contribution >= 4 is 10.8 Å². The highest BCUT2D eigenvalue weighted by Gasteiger charge is 2.14. The minimum Gasteiger partial charge on any atom is -0.271 e. The summed E-state index contributed by atoms with van der Waals surface area (Å²) in [4.78, 5) is 0. The molecule has 1 atom stereocenters. The first kappa shape index (κ1) is 11.9. The third kappa shape index (κ3) is 2.24. The van der Waals surface area contributed by atoms with E-state index in [-0.39, 0.29) is 6.04 Å². The van der Waals surface area contributed by atoms with E-state index in [1.165, 1.54) is 21.9 Å². The number of hydrazine groups is 1. The summed E-state index contributed by atoms with van der Waals surface area (Å²) in [5, 5.41) is 2.47. The number of hydrogen-bond donors (Lipinski definition) is 2. The van der Waals surface area contributed by atoms with Crippen LogP contribution < -0.4 is 11.3 Å². The van der Waals surface area contributed by atoms with Gasteiger partial charge in [-0.3, -0.25) is 5.84 Å². The predicted octanol–water partition coefficient (Wildman–Crippen LogP) is 3.39. The molecule has 2 nitrogen and oxygen atoms in total. The second kappa shape index (κ2) is 5.22. The van der Waals surface area contributed by atoms with Crippen molar-refractivity contribution in [3.63, 3.8) is 0 Å². The fraction of sp³-hybridized carbons (Fsp3) is 0.0588. The van der Waals surface area contributed by atoms with E-state index < -0.39 is 0 Å². The second-order valence-corrected chi connectivity index (χ2v) is 4.58. The van der Waals surface area contributed by atoms with Crippen molar-refractivity contribution in [1.82, 2.24) is 5.43 Å². The zero-order chi connectivity index (χ0) is 13.1. The van der Waals surface area contributed by atoms with Crippen LogP contribution in [0.3, 0.4) is 0 Å². The Bertz CT molecular complexity index is 672.